The highest BCUT2D eigenvalue weighted by atomic mass is 14.9. The largest absolute Gasteiger partial charge is 0.212 e. The van der Waals surface area contributed by atoms with Crippen molar-refractivity contribution in [2.45, 2.75) is 33.1 Å². The van der Waals surface area contributed by atoms with Crippen LogP contribution in [-0.4, -0.2) is 0 Å². The molecule has 0 amide bonds. The number of benzene rings is 2. The first-order valence-electron chi connectivity index (χ1n) is 8.53. The first-order chi connectivity index (χ1) is 11.4. The van der Waals surface area contributed by atoms with Crippen LogP contribution in [0.4, 0.5) is 0 Å². The maximum Gasteiger partial charge on any atom is 0.212 e. The van der Waals surface area contributed by atoms with Gasteiger partial charge in [-0.2, -0.15) is 0 Å². The van der Waals surface area contributed by atoms with E-state index in [-0.39, 0.29) is 5.41 Å². The molecule has 0 N–H and O–H groups in total. The zero-order valence-corrected chi connectivity index (χ0v) is 15.3. The standard InChI is InChI=1S/C23H26N/c1-17-15-19(18-9-7-6-8-10-18)11-13-21(17)22-14-12-20(16-24(22)5)23(2,3)4/h6-16H,1-5H3/q+1. The van der Waals surface area contributed by atoms with Crippen LogP contribution >= 0.6 is 0 Å². The Kier molecular flexibility index (Phi) is 4.28. The fourth-order valence-electron chi connectivity index (χ4n) is 3.09. The molecule has 1 nitrogen and oxygen atoms in total. The molecule has 3 rings (SSSR count). The van der Waals surface area contributed by atoms with Gasteiger partial charge in [0.2, 0.25) is 5.69 Å². The van der Waals surface area contributed by atoms with Crippen molar-refractivity contribution in [2.75, 3.05) is 0 Å². The molecule has 3 aromatic rings. The van der Waals surface area contributed by atoms with E-state index < -0.39 is 0 Å². The molecule has 0 spiro atoms. The summed E-state index contributed by atoms with van der Waals surface area (Å²) >= 11 is 0. The molecule has 1 aromatic heterocycles. The Hall–Kier alpha value is -2.41. The van der Waals surface area contributed by atoms with Gasteiger partial charge in [0.05, 0.1) is 0 Å². The molecule has 0 saturated carbocycles. The van der Waals surface area contributed by atoms with Crippen molar-refractivity contribution in [3.8, 4) is 22.4 Å². The fraction of sp³-hybridized carbons (Fsp3) is 0.261. The van der Waals surface area contributed by atoms with Gasteiger partial charge in [0, 0.05) is 17.2 Å². The van der Waals surface area contributed by atoms with Gasteiger partial charge in [-0.05, 0) is 41.2 Å². The first-order valence-corrected chi connectivity index (χ1v) is 8.53. The van der Waals surface area contributed by atoms with Gasteiger partial charge in [0.15, 0.2) is 6.20 Å². The zero-order chi connectivity index (χ0) is 17.3. The van der Waals surface area contributed by atoms with E-state index in [2.05, 4.69) is 106 Å². The average Bonchev–Trinajstić information content (AvgIpc) is 2.55. The molecule has 0 atom stereocenters. The lowest BCUT2D eigenvalue weighted by atomic mass is 9.88. The zero-order valence-electron chi connectivity index (χ0n) is 15.3. The lowest BCUT2D eigenvalue weighted by Gasteiger charge is -2.17. The Morgan fingerprint density at radius 1 is 0.792 bits per heavy atom. The van der Waals surface area contributed by atoms with Crippen molar-refractivity contribution >= 4 is 0 Å². The van der Waals surface area contributed by atoms with Crippen LogP contribution in [0.25, 0.3) is 22.4 Å². The number of nitrogens with zero attached hydrogens (tertiary/aromatic N) is 1. The quantitative estimate of drug-likeness (QED) is 0.553. The van der Waals surface area contributed by atoms with Gasteiger partial charge < -0.3 is 0 Å². The molecule has 0 aliphatic heterocycles. The van der Waals surface area contributed by atoms with Crippen molar-refractivity contribution in [1.29, 1.82) is 0 Å². The van der Waals surface area contributed by atoms with E-state index in [4.69, 9.17) is 0 Å². The number of aromatic nitrogens is 1. The Bertz CT molecular complexity index is 855. The molecular formula is C23H26N+. The number of hydrogen-bond acceptors (Lipinski definition) is 0. The maximum absolute atomic E-state index is 2.28. The molecular weight excluding hydrogens is 290 g/mol. The Labute approximate surface area is 145 Å². The summed E-state index contributed by atoms with van der Waals surface area (Å²) in [6.45, 7) is 8.95. The third-order valence-corrected chi connectivity index (χ3v) is 4.61. The second-order valence-electron chi connectivity index (χ2n) is 7.56. The predicted octanol–water partition coefficient (Wildman–Crippen LogP) is 5.45. The van der Waals surface area contributed by atoms with Gasteiger partial charge in [0.25, 0.3) is 0 Å². The predicted molar refractivity (Wildman–Crippen MR) is 102 cm³/mol. The van der Waals surface area contributed by atoms with Crippen molar-refractivity contribution in [3.05, 3.63) is 78.0 Å². The highest BCUT2D eigenvalue weighted by molar-refractivity contribution is 5.70. The van der Waals surface area contributed by atoms with Crippen LogP contribution in [0.1, 0.15) is 31.9 Å². The molecule has 122 valence electrons. The number of hydrogen-bond donors (Lipinski definition) is 0. The average molecular weight is 316 g/mol. The Morgan fingerprint density at radius 3 is 2.08 bits per heavy atom. The number of pyridine rings is 1. The second kappa shape index (κ2) is 6.24. The van der Waals surface area contributed by atoms with Crippen LogP contribution in [0.3, 0.4) is 0 Å². The molecule has 0 bridgehead atoms. The fourth-order valence-corrected chi connectivity index (χ4v) is 3.09. The van der Waals surface area contributed by atoms with Crippen molar-refractivity contribution < 1.29 is 4.57 Å². The second-order valence-corrected chi connectivity index (χ2v) is 7.56. The molecule has 0 saturated heterocycles. The van der Waals surface area contributed by atoms with E-state index in [0.717, 1.165) is 0 Å². The molecule has 2 aromatic carbocycles. The maximum atomic E-state index is 2.28. The molecule has 0 fully saturated rings. The third kappa shape index (κ3) is 3.26. The molecule has 1 heterocycles. The van der Waals surface area contributed by atoms with Crippen molar-refractivity contribution in [3.63, 3.8) is 0 Å². The first kappa shape index (κ1) is 16.4. The SMILES string of the molecule is Cc1cc(-c2ccccc2)ccc1-c1ccc(C(C)(C)C)c[n+]1C. The van der Waals surface area contributed by atoms with Gasteiger partial charge in [0.1, 0.15) is 7.05 Å². The highest BCUT2D eigenvalue weighted by Crippen LogP contribution is 2.28. The van der Waals surface area contributed by atoms with Gasteiger partial charge in [-0.3, -0.25) is 0 Å². The molecule has 0 aliphatic rings. The highest BCUT2D eigenvalue weighted by Gasteiger charge is 2.20. The Balaban J connectivity index is 2.02. The van der Waals surface area contributed by atoms with E-state index in [9.17, 15) is 0 Å². The molecule has 0 unspecified atom stereocenters. The summed E-state index contributed by atoms with van der Waals surface area (Å²) < 4.78 is 2.24. The van der Waals surface area contributed by atoms with Crippen LogP contribution in [0.2, 0.25) is 0 Å². The summed E-state index contributed by atoms with van der Waals surface area (Å²) in [5.41, 5.74) is 7.90. The third-order valence-electron chi connectivity index (χ3n) is 4.61. The minimum atomic E-state index is 0.169. The van der Waals surface area contributed by atoms with Crippen LogP contribution in [0, 0.1) is 6.92 Å². The van der Waals surface area contributed by atoms with E-state index >= 15 is 0 Å². The molecule has 24 heavy (non-hydrogen) atoms. The van der Waals surface area contributed by atoms with Crippen LogP contribution < -0.4 is 4.57 Å². The lowest BCUT2D eigenvalue weighted by molar-refractivity contribution is -0.661. The van der Waals surface area contributed by atoms with E-state index in [0.29, 0.717) is 0 Å². The molecule has 0 radical (unpaired) electrons. The molecule has 0 aliphatic carbocycles. The Morgan fingerprint density at radius 2 is 1.50 bits per heavy atom. The van der Waals surface area contributed by atoms with Crippen molar-refractivity contribution in [1.82, 2.24) is 0 Å². The van der Waals surface area contributed by atoms with Gasteiger partial charge >= 0.3 is 0 Å². The topological polar surface area (TPSA) is 3.88 Å². The van der Waals surface area contributed by atoms with Crippen LogP contribution in [-0.2, 0) is 12.5 Å². The van der Waals surface area contributed by atoms with E-state index in [1.165, 1.54) is 33.5 Å². The minimum absolute atomic E-state index is 0.169. The normalized spacial score (nSPS) is 11.5. The van der Waals surface area contributed by atoms with Gasteiger partial charge in [-0.15, -0.1) is 0 Å². The monoisotopic (exact) mass is 316 g/mol. The van der Waals surface area contributed by atoms with E-state index in [1.54, 1.807) is 0 Å². The lowest BCUT2D eigenvalue weighted by Crippen LogP contribution is -2.33. The smallest absolute Gasteiger partial charge is 0.201 e. The summed E-state index contributed by atoms with van der Waals surface area (Å²) in [6, 6.07) is 21.8. The van der Waals surface area contributed by atoms with E-state index in [1.807, 2.05) is 0 Å². The molecule has 1 heteroatoms. The summed E-state index contributed by atoms with van der Waals surface area (Å²) in [7, 11) is 2.13. The van der Waals surface area contributed by atoms with Crippen LogP contribution in [0.5, 0.6) is 0 Å². The minimum Gasteiger partial charge on any atom is -0.201 e. The van der Waals surface area contributed by atoms with Crippen LogP contribution in [0.15, 0.2) is 66.9 Å². The number of rotatable bonds is 2. The van der Waals surface area contributed by atoms with Gasteiger partial charge in [-0.25, -0.2) is 4.57 Å². The van der Waals surface area contributed by atoms with Crippen molar-refractivity contribution in [2.24, 2.45) is 7.05 Å². The summed E-state index contributed by atoms with van der Waals surface area (Å²) in [4.78, 5) is 0. The summed E-state index contributed by atoms with van der Waals surface area (Å²) in [5.74, 6) is 0. The summed E-state index contributed by atoms with van der Waals surface area (Å²) in [6.07, 6.45) is 2.25. The number of aryl methyl sites for hydroxylation is 2. The van der Waals surface area contributed by atoms with Gasteiger partial charge in [-0.1, -0.05) is 63.2 Å². The summed E-state index contributed by atoms with van der Waals surface area (Å²) in [5, 5.41) is 0.